The van der Waals surface area contributed by atoms with Gasteiger partial charge in [0.1, 0.15) is 5.54 Å². The summed E-state index contributed by atoms with van der Waals surface area (Å²) >= 11 is 0. The zero-order chi connectivity index (χ0) is 12.2. The van der Waals surface area contributed by atoms with E-state index in [1.807, 2.05) is 20.0 Å². The molecule has 0 amide bonds. The van der Waals surface area contributed by atoms with E-state index in [9.17, 15) is 9.90 Å². The molecular formula is C11H19N3O2. The van der Waals surface area contributed by atoms with Crippen LogP contribution in [0.4, 0.5) is 0 Å². The lowest BCUT2D eigenvalue weighted by atomic mass is 9.96. The largest absolute Gasteiger partial charge is 0.480 e. The molecule has 1 heterocycles. The van der Waals surface area contributed by atoms with E-state index in [0.717, 1.165) is 12.1 Å². The highest BCUT2D eigenvalue weighted by molar-refractivity contribution is 5.78. The molecule has 0 aliphatic carbocycles. The average molecular weight is 225 g/mol. The Morgan fingerprint density at radius 1 is 1.69 bits per heavy atom. The van der Waals surface area contributed by atoms with Gasteiger partial charge in [0.05, 0.1) is 5.69 Å². The number of hydrogen-bond acceptors (Lipinski definition) is 3. The van der Waals surface area contributed by atoms with Crippen molar-refractivity contribution >= 4 is 5.97 Å². The SMILES string of the molecule is CCCC(C)(NCc1ccnn1C)C(=O)O. The van der Waals surface area contributed by atoms with Crippen LogP contribution in [0.2, 0.25) is 0 Å². The molecule has 1 atom stereocenters. The second-order valence-corrected chi connectivity index (χ2v) is 4.19. The molecule has 0 bridgehead atoms. The minimum Gasteiger partial charge on any atom is -0.480 e. The molecule has 16 heavy (non-hydrogen) atoms. The molecule has 5 nitrogen and oxygen atoms in total. The first kappa shape index (κ1) is 12.7. The van der Waals surface area contributed by atoms with Crippen molar-refractivity contribution < 1.29 is 9.90 Å². The number of nitrogens with one attached hydrogen (secondary N) is 1. The lowest BCUT2D eigenvalue weighted by molar-refractivity contribution is -0.144. The van der Waals surface area contributed by atoms with E-state index >= 15 is 0 Å². The quantitative estimate of drug-likeness (QED) is 0.762. The second kappa shape index (κ2) is 5.12. The van der Waals surface area contributed by atoms with Gasteiger partial charge in [0.2, 0.25) is 0 Å². The molecule has 0 saturated carbocycles. The molecule has 2 N–H and O–H groups in total. The summed E-state index contributed by atoms with van der Waals surface area (Å²) < 4.78 is 1.74. The number of carbonyl (C=O) groups is 1. The monoisotopic (exact) mass is 225 g/mol. The molecular weight excluding hydrogens is 206 g/mol. The molecule has 0 saturated heterocycles. The van der Waals surface area contributed by atoms with Crippen molar-refractivity contribution in [2.45, 2.75) is 38.8 Å². The van der Waals surface area contributed by atoms with E-state index in [0.29, 0.717) is 13.0 Å². The lowest BCUT2D eigenvalue weighted by Crippen LogP contribution is -2.49. The number of carboxylic acids is 1. The van der Waals surface area contributed by atoms with Crippen molar-refractivity contribution in [2.24, 2.45) is 7.05 Å². The predicted molar refractivity (Wildman–Crippen MR) is 61.0 cm³/mol. The van der Waals surface area contributed by atoms with Gasteiger partial charge < -0.3 is 5.11 Å². The van der Waals surface area contributed by atoms with Crippen LogP contribution in [0.15, 0.2) is 12.3 Å². The molecule has 90 valence electrons. The summed E-state index contributed by atoms with van der Waals surface area (Å²) in [6.45, 7) is 4.21. The van der Waals surface area contributed by atoms with E-state index < -0.39 is 11.5 Å². The maximum Gasteiger partial charge on any atom is 0.323 e. The Hall–Kier alpha value is -1.36. The number of aromatic nitrogens is 2. The van der Waals surface area contributed by atoms with Gasteiger partial charge in [-0.25, -0.2) is 0 Å². The van der Waals surface area contributed by atoms with Gasteiger partial charge >= 0.3 is 5.97 Å². The molecule has 0 aromatic carbocycles. The fraction of sp³-hybridized carbons (Fsp3) is 0.636. The number of carboxylic acid groups (broad SMARTS) is 1. The van der Waals surface area contributed by atoms with Gasteiger partial charge in [-0.3, -0.25) is 14.8 Å². The zero-order valence-electron chi connectivity index (χ0n) is 10.0. The summed E-state index contributed by atoms with van der Waals surface area (Å²) in [4.78, 5) is 11.2. The molecule has 1 aromatic heterocycles. The first-order chi connectivity index (χ1) is 7.49. The van der Waals surface area contributed by atoms with E-state index in [-0.39, 0.29) is 0 Å². The van der Waals surface area contributed by atoms with E-state index in [1.54, 1.807) is 17.8 Å². The maximum atomic E-state index is 11.2. The van der Waals surface area contributed by atoms with Crippen LogP contribution in [0.5, 0.6) is 0 Å². The summed E-state index contributed by atoms with van der Waals surface area (Å²) in [5.74, 6) is -0.809. The number of rotatable bonds is 6. The Balaban J connectivity index is 2.64. The van der Waals surface area contributed by atoms with Crippen molar-refractivity contribution in [3.05, 3.63) is 18.0 Å². The molecule has 0 fully saturated rings. The standard InChI is InChI=1S/C11H19N3O2/c1-4-6-11(2,10(15)16)12-8-9-5-7-13-14(9)3/h5,7,12H,4,6,8H2,1-3H3,(H,15,16). The van der Waals surface area contributed by atoms with E-state index in [2.05, 4.69) is 10.4 Å². The molecule has 1 aromatic rings. The van der Waals surface area contributed by atoms with Gasteiger partial charge in [-0.1, -0.05) is 13.3 Å². The smallest absolute Gasteiger partial charge is 0.323 e. The average Bonchev–Trinajstić information content (AvgIpc) is 2.61. The minimum absolute atomic E-state index is 0.513. The second-order valence-electron chi connectivity index (χ2n) is 4.19. The van der Waals surface area contributed by atoms with Gasteiger partial charge in [0.15, 0.2) is 0 Å². The van der Waals surface area contributed by atoms with Crippen LogP contribution in [0.1, 0.15) is 32.4 Å². The summed E-state index contributed by atoms with van der Waals surface area (Å²) in [5, 5.41) is 16.3. The topological polar surface area (TPSA) is 67.2 Å². The molecule has 0 aliphatic rings. The lowest BCUT2D eigenvalue weighted by Gasteiger charge is -2.25. The predicted octanol–water partition coefficient (Wildman–Crippen LogP) is 1.15. The van der Waals surface area contributed by atoms with E-state index in [1.165, 1.54) is 0 Å². The van der Waals surface area contributed by atoms with Crippen LogP contribution in [0.3, 0.4) is 0 Å². The summed E-state index contributed by atoms with van der Waals surface area (Å²) in [6.07, 6.45) is 3.15. The first-order valence-electron chi connectivity index (χ1n) is 5.45. The summed E-state index contributed by atoms with van der Waals surface area (Å²) in [7, 11) is 1.84. The molecule has 1 rings (SSSR count). The van der Waals surface area contributed by atoms with Gasteiger partial charge in [-0.15, -0.1) is 0 Å². The molecule has 1 unspecified atom stereocenters. The van der Waals surface area contributed by atoms with Gasteiger partial charge in [-0.2, -0.15) is 5.10 Å². The van der Waals surface area contributed by atoms with Crippen LogP contribution in [-0.4, -0.2) is 26.4 Å². The number of aliphatic carboxylic acids is 1. The Kier molecular flexibility index (Phi) is 4.06. The number of nitrogens with zero attached hydrogens (tertiary/aromatic N) is 2. The number of aryl methyl sites for hydroxylation is 1. The fourth-order valence-corrected chi connectivity index (χ4v) is 1.63. The third-order valence-corrected chi connectivity index (χ3v) is 2.80. The van der Waals surface area contributed by atoms with Crippen molar-refractivity contribution in [3.8, 4) is 0 Å². The third-order valence-electron chi connectivity index (χ3n) is 2.80. The number of hydrogen-bond donors (Lipinski definition) is 2. The zero-order valence-corrected chi connectivity index (χ0v) is 10.0. The Bertz CT molecular complexity index is 362. The minimum atomic E-state index is -0.862. The van der Waals surface area contributed by atoms with Crippen LogP contribution in [-0.2, 0) is 18.4 Å². The highest BCUT2D eigenvalue weighted by Crippen LogP contribution is 2.13. The van der Waals surface area contributed by atoms with Crippen LogP contribution >= 0.6 is 0 Å². The summed E-state index contributed by atoms with van der Waals surface area (Å²) in [5.41, 5.74) is 0.113. The van der Waals surface area contributed by atoms with Crippen molar-refractivity contribution in [1.82, 2.24) is 15.1 Å². The summed E-state index contributed by atoms with van der Waals surface area (Å²) in [6, 6.07) is 1.88. The van der Waals surface area contributed by atoms with Crippen LogP contribution in [0, 0.1) is 0 Å². The van der Waals surface area contributed by atoms with Gasteiger partial charge in [-0.05, 0) is 19.4 Å². The molecule has 0 spiro atoms. The van der Waals surface area contributed by atoms with Crippen molar-refractivity contribution in [2.75, 3.05) is 0 Å². The first-order valence-corrected chi connectivity index (χ1v) is 5.45. The van der Waals surface area contributed by atoms with Gasteiger partial charge in [0.25, 0.3) is 0 Å². The van der Waals surface area contributed by atoms with Crippen LogP contribution < -0.4 is 5.32 Å². The third kappa shape index (κ3) is 2.82. The maximum absolute atomic E-state index is 11.2. The fourth-order valence-electron chi connectivity index (χ4n) is 1.63. The Morgan fingerprint density at radius 3 is 2.81 bits per heavy atom. The molecule has 0 radical (unpaired) electrons. The molecule has 0 aliphatic heterocycles. The Morgan fingerprint density at radius 2 is 2.38 bits per heavy atom. The van der Waals surface area contributed by atoms with Crippen LogP contribution in [0.25, 0.3) is 0 Å². The Labute approximate surface area is 95.5 Å². The van der Waals surface area contributed by atoms with Crippen molar-refractivity contribution in [1.29, 1.82) is 0 Å². The highest BCUT2D eigenvalue weighted by Gasteiger charge is 2.31. The van der Waals surface area contributed by atoms with Crippen molar-refractivity contribution in [3.63, 3.8) is 0 Å². The normalized spacial score (nSPS) is 14.7. The molecule has 5 heteroatoms. The van der Waals surface area contributed by atoms with E-state index in [4.69, 9.17) is 0 Å². The highest BCUT2D eigenvalue weighted by atomic mass is 16.4. The van der Waals surface area contributed by atoms with Gasteiger partial charge in [0, 0.05) is 19.8 Å².